The molecule has 3 heteroatoms. The maximum atomic E-state index is 3.52. The predicted molar refractivity (Wildman–Crippen MR) is 68.0 cm³/mol. The van der Waals surface area contributed by atoms with Gasteiger partial charge < -0.3 is 5.32 Å². The van der Waals surface area contributed by atoms with Gasteiger partial charge in [-0.25, -0.2) is 0 Å². The van der Waals surface area contributed by atoms with E-state index in [-0.39, 0.29) is 0 Å². The van der Waals surface area contributed by atoms with Crippen LogP contribution in [0.25, 0.3) is 0 Å². The molecular formula is C10H23NS2. The molecule has 0 bridgehead atoms. The molecule has 0 amide bonds. The highest BCUT2D eigenvalue weighted by molar-refractivity contribution is 7.99. The van der Waals surface area contributed by atoms with Crippen LogP contribution in [0.15, 0.2) is 0 Å². The van der Waals surface area contributed by atoms with Crippen molar-refractivity contribution in [2.45, 2.75) is 26.8 Å². The topological polar surface area (TPSA) is 12.0 Å². The van der Waals surface area contributed by atoms with Crippen molar-refractivity contribution < 1.29 is 0 Å². The molecule has 80 valence electrons. The average molecular weight is 221 g/mol. The maximum Gasteiger partial charge on any atom is 0.0130 e. The number of rotatable bonds is 8. The molecular weight excluding hydrogens is 198 g/mol. The number of hydrogen-bond acceptors (Lipinski definition) is 3. The van der Waals surface area contributed by atoms with Gasteiger partial charge in [-0.2, -0.15) is 23.5 Å². The van der Waals surface area contributed by atoms with Crippen LogP contribution in [-0.2, 0) is 0 Å². The predicted octanol–water partition coefficient (Wildman–Crippen LogP) is 2.72. The molecule has 1 atom stereocenters. The zero-order chi connectivity index (χ0) is 10.1. The van der Waals surface area contributed by atoms with E-state index in [1.54, 1.807) is 0 Å². The van der Waals surface area contributed by atoms with Crippen molar-refractivity contribution in [2.75, 3.05) is 30.1 Å². The van der Waals surface area contributed by atoms with Gasteiger partial charge >= 0.3 is 0 Å². The zero-order valence-corrected chi connectivity index (χ0v) is 10.9. The standard InChI is InChI=1S/C10H23NS2/c1-9(2)7-13-8-10(3)11-5-6-12-4/h9-11H,5-8H2,1-4H3. The van der Waals surface area contributed by atoms with Crippen LogP contribution in [-0.4, -0.2) is 36.1 Å². The highest BCUT2D eigenvalue weighted by atomic mass is 32.2. The van der Waals surface area contributed by atoms with Crippen LogP contribution in [0.3, 0.4) is 0 Å². The first-order valence-electron chi connectivity index (χ1n) is 4.97. The van der Waals surface area contributed by atoms with Crippen molar-refractivity contribution in [3.63, 3.8) is 0 Å². The summed E-state index contributed by atoms with van der Waals surface area (Å²) in [6.07, 6.45) is 2.15. The van der Waals surface area contributed by atoms with Gasteiger partial charge in [-0.3, -0.25) is 0 Å². The van der Waals surface area contributed by atoms with E-state index < -0.39 is 0 Å². The molecule has 0 fully saturated rings. The normalized spacial score (nSPS) is 13.6. The van der Waals surface area contributed by atoms with Gasteiger partial charge in [0.25, 0.3) is 0 Å². The summed E-state index contributed by atoms with van der Waals surface area (Å²) in [5, 5.41) is 3.52. The smallest absolute Gasteiger partial charge is 0.0130 e. The summed E-state index contributed by atoms with van der Waals surface area (Å²) in [5.41, 5.74) is 0. The summed E-state index contributed by atoms with van der Waals surface area (Å²) < 4.78 is 0. The van der Waals surface area contributed by atoms with E-state index in [4.69, 9.17) is 0 Å². The van der Waals surface area contributed by atoms with Crippen molar-refractivity contribution in [1.82, 2.24) is 5.32 Å². The number of hydrogen-bond donors (Lipinski definition) is 1. The summed E-state index contributed by atoms with van der Waals surface area (Å²) in [5.74, 6) is 4.57. The van der Waals surface area contributed by atoms with Crippen LogP contribution >= 0.6 is 23.5 Å². The van der Waals surface area contributed by atoms with Crippen LogP contribution in [0.1, 0.15) is 20.8 Å². The summed E-state index contributed by atoms with van der Waals surface area (Å²) in [7, 11) is 0. The van der Waals surface area contributed by atoms with Gasteiger partial charge in [0.2, 0.25) is 0 Å². The summed E-state index contributed by atoms with van der Waals surface area (Å²) >= 11 is 3.96. The minimum atomic E-state index is 0.663. The molecule has 0 aromatic rings. The number of thioether (sulfide) groups is 2. The first-order valence-corrected chi connectivity index (χ1v) is 7.51. The second-order valence-electron chi connectivity index (χ2n) is 3.78. The molecule has 0 aromatic carbocycles. The lowest BCUT2D eigenvalue weighted by Crippen LogP contribution is -2.30. The Morgan fingerprint density at radius 3 is 2.38 bits per heavy atom. The van der Waals surface area contributed by atoms with E-state index in [0.29, 0.717) is 6.04 Å². The van der Waals surface area contributed by atoms with Crippen molar-refractivity contribution in [3.05, 3.63) is 0 Å². The molecule has 1 N–H and O–H groups in total. The van der Waals surface area contributed by atoms with E-state index in [1.165, 1.54) is 17.3 Å². The van der Waals surface area contributed by atoms with Crippen molar-refractivity contribution >= 4 is 23.5 Å². The van der Waals surface area contributed by atoms with Gasteiger partial charge in [0.1, 0.15) is 0 Å². The van der Waals surface area contributed by atoms with Crippen LogP contribution in [0.2, 0.25) is 0 Å². The van der Waals surface area contributed by atoms with E-state index in [9.17, 15) is 0 Å². The highest BCUT2D eigenvalue weighted by Gasteiger charge is 2.01. The zero-order valence-electron chi connectivity index (χ0n) is 9.30. The Kier molecular flexibility index (Phi) is 9.69. The van der Waals surface area contributed by atoms with E-state index >= 15 is 0 Å². The molecule has 1 nitrogen and oxygen atoms in total. The molecule has 0 saturated heterocycles. The molecule has 13 heavy (non-hydrogen) atoms. The fraction of sp³-hybridized carbons (Fsp3) is 1.00. The minimum Gasteiger partial charge on any atom is -0.313 e. The average Bonchev–Trinajstić information content (AvgIpc) is 2.04. The van der Waals surface area contributed by atoms with Crippen molar-refractivity contribution in [1.29, 1.82) is 0 Å². The second kappa shape index (κ2) is 9.22. The molecule has 0 aliphatic rings. The second-order valence-corrected chi connectivity index (χ2v) is 5.84. The Morgan fingerprint density at radius 2 is 1.85 bits per heavy atom. The Labute approximate surface area is 91.8 Å². The van der Waals surface area contributed by atoms with Crippen LogP contribution in [0, 0.1) is 5.92 Å². The fourth-order valence-corrected chi connectivity index (χ4v) is 2.35. The van der Waals surface area contributed by atoms with E-state index in [0.717, 1.165) is 12.5 Å². The Bertz CT molecular complexity index is 107. The Morgan fingerprint density at radius 1 is 1.15 bits per heavy atom. The lowest BCUT2D eigenvalue weighted by atomic mass is 10.3. The fourth-order valence-electron chi connectivity index (χ4n) is 0.947. The molecule has 0 aromatic heterocycles. The monoisotopic (exact) mass is 221 g/mol. The quantitative estimate of drug-likeness (QED) is 0.633. The molecule has 0 rings (SSSR count). The lowest BCUT2D eigenvalue weighted by Gasteiger charge is -2.13. The van der Waals surface area contributed by atoms with Gasteiger partial charge in [0.15, 0.2) is 0 Å². The first kappa shape index (κ1) is 13.7. The third-order valence-corrected chi connectivity index (χ3v) is 3.87. The summed E-state index contributed by atoms with van der Waals surface area (Å²) in [4.78, 5) is 0. The van der Waals surface area contributed by atoms with Gasteiger partial charge in [-0.05, 0) is 24.9 Å². The molecule has 0 aliphatic heterocycles. The van der Waals surface area contributed by atoms with Gasteiger partial charge in [-0.15, -0.1) is 0 Å². The molecule has 1 unspecified atom stereocenters. The van der Waals surface area contributed by atoms with Crippen molar-refractivity contribution in [2.24, 2.45) is 5.92 Å². The van der Waals surface area contributed by atoms with Gasteiger partial charge in [0, 0.05) is 24.1 Å². The summed E-state index contributed by atoms with van der Waals surface area (Å²) in [6.45, 7) is 7.97. The van der Waals surface area contributed by atoms with Crippen LogP contribution < -0.4 is 5.32 Å². The lowest BCUT2D eigenvalue weighted by molar-refractivity contribution is 0.622. The first-order chi connectivity index (χ1) is 6.16. The molecule has 0 saturated carbocycles. The van der Waals surface area contributed by atoms with Crippen LogP contribution in [0.5, 0.6) is 0 Å². The SMILES string of the molecule is CSCCNC(C)CSCC(C)C. The molecule has 0 radical (unpaired) electrons. The summed E-state index contributed by atoms with van der Waals surface area (Å²) in [6, 6.07) is 0.663. The minimum absolute atomic E-state index is 0.663. The molecule has 0 spiro atoms. The van der Waals surface area contributed by atoms with Gasteiger partial charge in [0.05, 0.1) is 0 Å². The van der Waals surface area contributed by atoms with E-state index in [2.05, 4.69) is 44.1 Å². The van der Waals surface area contributed by atoms with Crippen LogP contribution in [0.4, 0.5) is 0 Å². The van der Waals surface area contributed by atoms with Gasteiger partial charge in [-0.1, -0.05) is 13.8 Å². The third kappa shape index (κ3) is 10.6. The highest BCUT2D eigenvalue weighted by Crippen LogP contribution is 2.08. The Balaban J connectivity index is 3.15. The maximum absolute atomic E-state index is 3.52. The third-order valence-electron chi connectivity index (χ3n) is 1.62. The Hall–Kier alpha value is 0.660. The van der Waals surface area contributed by atoms with E-state index in [1.807, 2.05) is 11.8 Å². The molecule has 0 aliphatic carbocycles. The largest absolute Gasteiger partial charge is 0.313 e. The number of nitrogens with one attached hydrogen (secondary N) is 1. The van der Waals surface area contributed by atoms with Crippen molar-refractivity contribution in [3.8, 4) is 0 Å². The molecule has 0 heterocycles.